The van der Waals surface area contributed by atoms with Gasteiger partial charge in [-0.15, -0.1) is 5.92 Å². The highest BCUT2D eigenvalue weighted by molar-refractivity contribution is 4.97. The van der Waals surface area contributed by atoms with Gasteiger partial charge in [0.25, 0.3) is 0 Å². The van der Waals surface area contributed by atoms with Crippen LogP contribution in [0.5, 0.6) is 0 Å². The SMILES string of the molecule is CC#CCNC(CN)CCCCCCC. The number of hydrogen-bond acceptors (Lipinski definition) is 2. The molecule has 3 N–H and O–H groups in total. The van der Waals surface area contributed by atoms with Crippen molar-refractivity contribution < 1.29 is 0 Å². The lowest BCUT2D eigenvalue weighted by atomic mass is 10.1. The van der Waals surface area contributed by atoms with Gasteiger partial charge in [0.2, 0.25) is 0 Å². The summed E-state index contributed by atoms with van der Waals surface area (Å²) in [5, 5.41) is 3.36. The summed E-state index contributed by atoms with van der Waals surface area (Å²) in [5.41, 5.74) is 5.69. The van der Waals surface area contributed by atoms with E-state index in [0.29, 0.717) is 6.04 Å². The molecule has 2 heteroatoms. The van der Waals surface area contributed by atoms with Crippen LogP contribution in [0.1, 0.15) is 52.4 Å². The molecule has 0 aromatic heterocycles. The lowest BCUT2D eigenvalue weighted by Gasteiger charge is -2.14. The summed E-state index contributed by atoms with van der Waals surface area (Å²) in [7, 11) is 0. The molecule has 2 nitrogen and oxygen atoms in total. The molecule has 0 aromatic rings. The number of hydrogen-bond donors (Lipinski definition) is 2. The van der Waals surface area contributed by atoms with Gasteiger partial charge in [0.05, 0.1) is 6.54 Å². The molecule has 0 spiro atoms. The van der Waals surface area contributed by atoms with E-state index in [0.717, 1.165) is 13.1 Å². The largest absolute Gasteiger partial charge is 0.329 e. The Balaban J connectivity index is 3.38. The Morgan fingerprint density at radius 2 is 1.93 bits per heavy atom. The van der Waals surface area contributed by atoms with Crippen molar-refractivity contribution in [2.45, 2.75) is 58.4 Å². The molecule has 0 saturated carbocycles. The van der Waals surface area contributed by atoms with Gasteiger partial charge >= 0.3 is 0 Å². The molecule has 0 amide bonds. The molecule has 0 aliphatic heterocycles. The van der Waals surface area contributed by atoms with Crippen LogP contribution in [0.25, 0.3) is 0 Å². The average Bonchev–Trinajstić information content (AvgIpc) is 2.26. The summed E-state index contributed by atoms with van der Waals surface area (Å²) in [5.74, 6) is 5.88. The van der Waals surface area contributed by atoms with Gasteiger partial charge in [-0.1, -0.05) is 44.9 Å². The standard InChI is InChI=1S/C13H26N2/c1-3-5-7-8-9-10-13(12-14)15-11-6-4-2/h13,15H,3,5,7-12,14H2,1-2H3. The van der Waals surface area contributed by atoms with Crippen molar-refractivity contribution in [3.8, 4) is 11.8 Å². The van der Waals surface area contributed by atoms with Crippen LogP contribution in [0.15, 0.2) is 0 Å². The summed E-state index contributed by atoms with van der Waals surface area (Å²) in [6.45, 7) is 5.60. The van der Waals surface area contributed by atoms with Crippen LogP contribution in [-0.4, -0.2) is 19.1 Å². The third-order valence-electron chi connectivity index (χ3n) is 2.60. The molecule has 0 saturated heterocycles. The highest BCUT2D eigenvalue weighted by atomic mass is 14.9. The first-order chi connectivity index (χ1) is 7.35. The zero-order chi connectivity index (χ0) is 11.4. The van der Waals surface area contributed by atoms with Crippen molar-refractivity contribution in [1.29, 1.82) is 0 Å². The van der Waals surface area contributed by atoms with Gasteiger partial charge in [-0.3, -0.25) is 0 Å². The minimum atomic E-state index is 0.451. The molecule has 0 heterocycles. The Kier molecular flexibility index (Phi) is 11.2. The van der Waals surface area contributed by atoms with E-state index in [9.17, 15) is 0 Å². The van der Waals surface area contributed by atoms with Gasteiger partial charge < -0.3 is 11.1 Å². The van der Waals surface area contributed by atoms with E-state index >= 15 is 0 Å². The predicted molar refractivity (Wildman–Crippen MR) is 67.7 cm³/mol. The van der Waals surface area contributed by atoms with Crippen LogP contribution < -0.4 is 11.1 Å². The van der Waals surface area contributed by atoms with Crippen molar-refractivity contribution in [2.24, 2.45) is 5.73 Å². The van der Waals surface area contributed by atoms with Gasteiger partial charge in [-0.25, -0.2) is 0 Å². The molecule has 0 aromatic carbocycles. The first-order valence-corrected chi connectivity index (χ1v) is 6.18. The van der Waals surface area contributed by atoms with Crippen LogP contribution in [-0.2, 0) is 0 Å². The summed E-state index contributed by atoms with van der Waals surface area (Å²) < 4.78 is 0. The smallest absolute Gasteiger partial charge is 0.0578 e. The quantitative estimate of drug-likeness (QED) is 0.452. The lowest BCUT2D eigenvalue weighted by molar-refractivity contribution is 0.479. The van der Waals surface area contributed by atoms with E-state index in [1.807, 2.05) is 6.92 Å². The molecule has 0 aliphatic carbocycles. The monoisotopic (exact) mass is 210 g/mol. The molecule has 88 valence electrons. The van der Waals surface area contributed by atoms with Crippen molar-refractivity contribution in [3.63, 3.8) is 0 Å². The predicted octanol–water partition coefficient (Wildman–Crippen LogP) is 2.29. The minimum Gasteiger partial charge on any atom is -0.329 e. The summed E-state index contributed by atoms with van der Waals surface area (Å²) in [6, 6.07) is 0.451. The van der Waals surface area contributed by atoms with Crippen molar-refractivity contribution >= 4 is 0 Å². The Morgan fingerprint density at radius 1 is 1.20 bits per heavy atom. The second-order valence-corrected chi connectivity index (χ2v) is 3.94. The minimum absolute atomic E-state index is 0.451. The van der Waals surface area contributed by atoms with E-state index in [1.165, 1.54) is 38.5 Å². The molecule has 0 aliphatic rings. The molecule has 0 radical (unpaired) electrons. The van der Waals surface area contributed by atoms with Gasteiger partial charge in [0.1, 0.15) is 0 Å². The Morgan fingerprint density at radius 3 is 2.53 bits per heavy atom. The fourth-order valence-electron chi connectivity index (χ4n) is 1.58. The van der Waals surface area contributed by atoms with Crippen LogP contribution in [0.2, 0.25) is 0 Å². The van der Waals surface area contributed by atoms with Crippen LogP contribution in [0.4, 0.5) is 0 Å². The van der Waals surface area contributed by atoms with Crippen LogP contribution >= 0.6 is 0 Å². The highest BCUT2D eigenvalue weighted by Gasteiger charge is 2.03. The maximum atomic E-state index is 5.69. The molecule has 0 rings (SSSR count). The molecular formula is C13H26N2. The molecule has 0 bridgehead atoms. The Labute approximate surface area is 95.0 Å². The first kappa shape index (κ1) is 14.5. The lowest BCUT2D eigenvalue weighted by Crippen LogP contribution is -2.36. The number of rotatable bonds is 9. The van der Waals surface area contributed by atoms with E-state index in [4.69, 9.17) is 5.73 Å². The number of unbranched alkanes of at least 4 members (excludes halogenated alkanes) is 4. The van der Waals surface area contributed by atoms with Crippen LogP contribution in [0, 0.1) is 11.8 Å². The normalized spacial score (nSPS) is 11.9. The Bertz CT molecular complexity index is 179. The fraction of sp³-hybridized carbons (Fsp3) is 0.846. The molecule has 15 heavy (non-hydrogen) atoms. The number of nitrogens with two attached hydrogens (primary N) is 1. The third-order valence-corrected chi connectivity index (χ3v) is 2.60. The zero-order valence-corrected chi connectivity index (χ0v) is 10.3. The molecule has 0 fully saturated rings. The fourth-order valence-corrected chi connectivity index (χ4v) is 1.58. The van der Waals surface area contributed by atoms with E-state index in [-0.39, 0.29) is 0 Å². The van der Waals surface area contributed by atoms with Gasteiger partial charge in [0.15, 0.2) is 0 Å². The Hall–Kier alpha value is -0.520. The second-order valence-electron chi connectivity index (χ2n) is 3.94. The molecule has 1 atom stereocenters. The molecule has 1 unspecified atom stereocenters. The molecular weight excluding hydrogens is 184 g/mol. The van der Waals surface area contributed by atoms with Crippen molar-refractivity contribution in [1.82, 2.24) is 5.32 Å². The van der Waals surface area contributed by atoms with E-state index < -0.39 is 0 Å². The van der Waals surface area contributed by atoms with Crippen molar-refractivity contribution in [3.05, 3.63) is 0 Å². The van der Waals surface area contributed by atoms with Gasteiger partial charge in [-0.2, -0.15) is 0 Å². The van der Waals surface area contributed by atoms with Crippen molar-refractivity contribution in [2.75, 3.05) is 13.1 Å². The maximum Gasteiger partial charge on any atom is 0.0578 e. The topological polar surface area (TPSA) is 38.0 Å². The summed E-state index contributed by atoms with van der Waals surface area (Å²) in [4.78, 5) is 0. The van der Waals surface area contributed by atoms with Crippen LogP contribution in [0.3, 0.4) is 0 Å². The van der Waals surface area contributed by atoms with Gasteiger partial charge in [0, 0.05) is 12.6 Å². The first-order valence-electron chi connectivity index (χ1n) is 6.18. The zero-order valence-electron chi connectivity index (χ0n) is 10.3. The average molecular weight is 210 g/mol. The summed E-state index contributed by atoms with van der Waals surface area (Å²) in [6.07, 6.45) is 7.85. The van der Waals surface area contributed by atoms with Gasteiger partial charge in [-0.05, 0) is 13.3 Å². The highest BCUT2D eigenvalue weighted by Crippen LogP contribution is 2.06. The third kappa shape index (κ3) is 9.78. The van der Waals surface area contributed by atoms with E-state index in [2.05, 4.69) is 24.1 Å². The second kappa shape index (κ2) is 11.6. The summed E-state index contributed by atoms with van der Waals surface area (Å²) >= 11 is 0. The number of nitrogens with one attached hydrogen (secondary N) is 1. The van der Waals surface area contributed by atoms with E-state index in [1.54, 1.807) is 0 Å². The maximum absolute atomic E-state index is 5.69.